The van der Waals surface area contributed by atoms with Crippen molar-refractivity contribution in [2.45, 2.75) is 37.1 Å². The number of hydrogen-bond acceptors (Lipinski definition) is 3. The normalized spacial score (nSPS) is 14.1. The number of hydrogen-bond donors (Lipinski definition) is 3. The molecule has 100 valence electrons. The maximum absolute atomic E-state index is 13.5. The minimum absolute atomic E-state index is 0.0277. The maximum atomic E-state index is 13.5. The number of thiol groups is 1. The molecular formula is C13H18FNO2S. The molecule has 18 heavy (non-hydrogen) atoms. The fourth-order valence-electron chi connectivity index (χ4n) is 1.60. The predicted octanol–water partition coefficient (Wildman–Crippen LogP) is 2.40. The molecule has 0 saturated carbocycles. The third-order valence-electron chi connectivity index (χ3n) is 3.05. The van der Waals surface area contributed by atoms with Crippen LogP contribution in [0.2, 0.25) is 0 Å². The summed E-state index contributed by atoms with van der Waals surface area (Å²) in [6.07, 6.45) is 1.08. The van der Waals surface area contributed by atoms with Gasteiger partial charge in [-0.05, 0) is 38.0 Å². The first kappa shape index (κ1) is 15.0. The number of rotatable bonds is 5. The predicted molar refractivity (Wildman–Crippen MR) is 71.5 cm³/mol. The van der Waals surface area contributed by atoms with Gasteiger partial charge in [-0.25, -0.2) is 4.39 Å². The molecule has 0 aliphatic carbocycles. The Bertz CT molecular complexity index is 439. The van der Waals surface area contributed by atoms with Crippen molar-refractivity contribution in [3.05, 3.63) is 29.6 Å². The van der Waals surface area contributed by atoms with Crippen molar-refractivity contribution in [1.29, 1.82) is 0 Å². The number of aliphatic hydroxyl groups excluding tert-OH is 1. The Balaban J connectivity index is 2.90. The highest BCUT2D eigenvalue weighted by Crippen LogP contribution is 2.18. The van der Waals surface area contributed by atoms with Crippen LogP contribution < -0.4 is 5.32 Å². The van der Waals surface area contributed by atoms with Gasteiger partial charge in [-0.15, -0.1) is 12.6 Å². The van der Waals surface area contributed by atoms with Crippen LogP contribution >= 0.6 is 12.6 Å². The Labute approximate surface area is 112 Å². The fourth-order valence-corrected chi connectivity index (χ4v) is 1.81. The molecule has 3 nitrogen and oxygen atoms in total. The molecule has 0 aliphatic heterocycles. The summed E-state index contributed by atoms with van der Waals surface area (Å²) in [6, 6.07) is 4.09. The van der Waals surface area contributed by atoms with Gasteiger partial charge in [0.1, 0.15) is 5.82 Å². The summed E-state index contributed by atoms with van der Waals surface area (Å²) in [5.74, 6) is -1.06. The second-order valence-corrected chi connectivity index (χ2v) is 5.02. The van der Waals surface area contributed by atoms with Crippen LogP contribution in [0.3, 0.4) is 0 Å². The molecule has 1 aromatic rings. The quantitative estimate of drug-likeness (QED) is 0.720. The zero-order chi connectivity index (χ0) is 13.8. The molecule has 1 unspecified atom stereocenters. The van der Waals surface area contributed by atoms with Crippen LogP contribution in [-0.2, 0) is 0 Å². The second-order valence-electron chi connectivity index (χ2n) is 4.51. The van der Waals surface area contributed by atoms with E-state index < -0.39 is 17.3 Å². The Kier molecular flexibility index (Phi) is 5.16. The number of benzene rings is 1. The van der Waals surface area contributed by atoms with E-state index in [1.165, 1.54) is 18.2 Å². The minimum Gasteiger partial charge on any atom is -0.396 e. The third-order valence-corrected chi connectivity index (χ3v) is 3.33. The van der Waals surface area contributed by atoms with Gasteiger partial charge in [0.2, 0.25) is 0 Å². The van der Waals surface area contributed by atoms with Gasteiger partial charge in [0.25, 0.3) is 5.91 Å². The van der Waals surface area contributed by atoms with E-state index >= 15 is 0 Å². The summed E-state index contributed by atoms with van der Waals surface area (Å²) < 4.78 is 13.5. The van der Waals surface area contributed by atoms with Crippen LogP contribution in [0.1, 0.15) is 37.0 Å². The third kappa shape index (κ3) is 3.71. The second kappa shape index (κ2) is 6.20. The number of aliphatic hydroxyl groups is 1. The number of halogens is 1. The lowest BCUT2D eigenvalue weighted by atomic mass is 9.94. The summed E-state index contributed by atoms with van der Waals surface area (Å²) in [6.45, 7) is 3.70. The van der Waals surface area contributed by atoms with E-state index in [0.29, 0.717) is 17.7 Å². The standard InChI is InChI=1S/C13H18FNO2S/c1-3-13(2,6-7-16)15-12(17)10-8-9(18)4-5-11(10)14/h4-5,8,16,18H,3,6-7H2,1-2H3,(H,15,17). The summed E-state index contributed by atoms with van der Waals surface area (Å²) >= 11 is 4.08. The molecule has 2 N–H and O–H groups in total. The van der Waals surface area contributed by atoms with Crippen molar-refractivity contribution in [2.24, 2.45) is 0 Å². The Hall–Kier alpha value is -1.07. The van der Waals surface area contributed by atoms with Gasteiger partial charge in [-0.2, -0.15) is 0 Å². The number of carbonyl (C=O) groups is 1. The average molecular weight is 271 g/mol. The summed E-state index contributed by atoms with van der Waals surface area (Å²) in [7, 11) is 0. The van der Waals surface area contributed by atoms with Crippen LogP contribution in [0.15, 0.2) is 23.1 Å². The van der Waals surface area contributed by atoms with Crippen molar-refractivity contribution < 1.29 is 14.3 Å². The zero-order valence-corrected chi connectivity index (χ0v) is 11.4. The minimum atomic E-state index is -0.576. The molecule has 1 rings (SSSR count). The highest BCUT2D eigenvalue weighted by molar-refractivity contribution is 7.80. The van der Waals surface area contributed by atoms with Gasteiger partial charge < -0.3 is 10.4 Å². The van der Waals surface area contributed by atoms with Gasteiger partial charge in [0, 0.05) is 17.0 Å². The molecule has 0 bridgehead atoms. The van der Waals surface area contributed by atoms with Crippen LogP contribution in [0, 0.1) is 5.82 Å². The average Bonchev–Trinajstić information content (AvgIpc) is 2.32. The van der Waals surface area contributed by atoms with Gasteiger partial charge >= 0.3 is 0 Å². The van der Waals surface area contributed by atoms with E-state index in [1.807, 2.05) is 13.8 Å². The van der Waals surface area contributed by atoms with E-state index in [9.17, 15) is 9.18 Å². The van der Waals surface area contributed by atoms with Crippen LogP contribution in [0.25, 0.3) is 0 Å². The first-order valence-electron chi connectivity index (χ1n) is 5.84. The molecule has 0 saturated heterocycles. The maximum Gasteiger partial charge on any atom is 0.254 e. The fraction of sp³-hybridized carbons (Fsp3) is 0.462. The number of carbonyl (C=O) groups excluding carboxylic acids is 1. The lowest BCUT2D eigenvalue weighted by molar-refractivity contribution is 0.0882. The molecule has 0 radical (unpaired) electrons. The van der Waals surface area contributed by atoms with E-state index in [2.05, 4.69) is 17.9 Å². The van der Waals surface area contributed by atoms with Crippen LogP contribution in [-0.4, -0.2) is 23.2 Å². The van der Waals surface area contributed by atoms with Crippen LogP contribution in [0.5, 0.6) is 0 Å². The van der Waals surface area contributed by atoms with Crippen molar-refractivity contribution in [2.75, 3.05) is 6.61 Å². The van der Waals surface area contributed by atoms with E-state index in [-0.39, 0.29) is 12.2 Å². The monoisotopic (exact) mass is 271 g/mol. The highest BCUT2D eigenvalue weighted by Gasteiger charge is 2.25. The molecule has 0 aromatic heterocycles. The molecule has 1 atom stereocenters. The summed E-state index contributed by atoms with van der Waals surface area (Å²) in [5, 5.41) is 11.7. The SMILES string of the molecule is CCC(C)(CCO)NC(=O)c1cc(S)ccc1F. The Morgan fingerprint density at radius 1 is 1.56 bits per heavy atom. The number of nitrogens with one attached hydrogen (secondary N) is 1. The van der Waals surface area contributed by atoms with E-state index in [1.54, 1.807) is 0 Å². The molecular weight excluding hydrogens is 253 g/mol. The highest BCUT2D eigenvalue weighted by atomic mass is 32.1. The lowest BCUT2D eigenvalue weighted by Crippen LogP contribution is -2.46. The van der Waals surface area contributed by atoms with Crippen molar-refractivity contribution in [1.82, 2.24) is 5.32 Å². The molecule has 1 amide bonds. The van der Waals surface area contributed by atoms with Gasteiger partial charge in [-0.1, -0.05) is 6.92 Å². The van der Waals surface area contributed by atoms with E-state index in [4.69, 9.17) is 5.11 Å². The molecule has 5 heteroatoms. The molecule has 0 spiro atoms. The topological polar surface area (TPSA) is 49.3 Å². The first-order valence-corrected chi connectivity index (χ1v) is 6.28. The number of amides is 1. The molecule has 1 aromatic carbocycles. The molecule has 0 heterocycles. The van der Waals surface area contributed by atoms with Crippen molar-refractivity contribution in [3.8, 4) is 0 Å². The smallest absolute Gasteiger partial charge is 0.254 e. The van der Waals surface area contributed by atoms with Crippen molar-refractivity contribution >= 4 is 18.5 Å². The molecule has 0 aliphatic rings. The summed E-state index contributed by atoms with van der Waals surface area (Å²) in [4.78, 5) is 12.5. The Morgan fingerprint density at radius 2 is 2.22 bits per heavy atom. The zero-order valence-electron chi connectivity index (χ0n) is 10.5. The van der Waals surface area contributed by atoms with Crippen LogP contribution in [0.4, 0.5) is 4.39 Å². The van der Waals surface area contributed by atoms with Gasteiger partial charge in [-0.3, -0.25) is 4.79 Å². The first-order chi connectivity index (χ1) is 8.41. The molecule has 0 fully saturated rings. The summed E-state index contributed by atoms with van der Waals surface area (Å²) in [5.41, 5.74) is -0.565. The van der Waals surface area contributed by atoms with Crippen molar-refractivity contribution in [3.63, 3.8) is 0 Å². The van der Waals surface area contributed by atoms with Gasteiger partial charge in [0.15, 0.2) is 0 Å². The largest absolute Gasteiger partial charge is 0.396 e. The lowest BCUT2D eigenvalue weighted by Gasteiger charge is -2.29. The Morgan fingerprint density at radius 3 is 2.78 bits per heavy atom. The van der Waals surface area contributed by atoms with Gasteiger partial charge in [0.05, 0.1) is 5.56 Å². The van der Waals surface area contributed by atoms with E-state index in [0.717, 1.165) is 0 Å².